The highest BCUT2D eigenvalue weighted by molar-refractivity contribution is 4.79. The molecule has 0 aromatic rings. The lowest BCUT2D eigenvalue weighted by molar-refractivity contribution is -0.325. The Morgan fingerprint density at radius 3 is 2.47 bits per heavy atom. The van der Waals surface area contributed by atoms with Crippen molar-refractivity contribution >= 4 is 0 Å². The highest BCUT2D eigenvalue weighted by atomic mass is 19.4. The average molecular weight is 282 g/mol. The number of halogens is 3. The van der Waals surface area contributed by atoms with Gasteiger partial charge in [0.15, 0.2) is 0 Å². The van der Waals surface area contributed by atoms with Crippen molar-refractivity contribution in [2.45, 2.75) is 45.5 Å². The Labute approximate surface area is 113 Å². The summed E-state index contributed by atoms with van der Waals surface area (Å²) in [5, 5.41) is 3.49. The summed E-state index contributed by atoms with van der Waals surface area (Å²) in [4.78, 5) is 2.05. The number of ether oxygens (including phenoxy) is 1. The van der Waals surface area contributed by atoms with Gasteiger partial charge in [0, 0.05) is 12.6 Å². The van der Waals surface area contributed by atoms with Crippen LogP contribution in [0.1, 0.15) is 33.1 Å². The van der Waals surface area contributed by atoms with E-state index in [9.17, 15) is 13.2 Å². The summed E-state index contributed by atoms with van der Waals surface area (Å²) in [6, 6.07) is 0.494. The first-order valence-corrected chi connectivity index (χ1v) is 7.08. The van der Waals surface area contributed by atoms with Crippen LogP contribution in [0.15, 0.2) is 0 Å². The molecule has 1 aliphatic rings. The fourth-order valence-corrected chi connectivity index (χ4v) is 2.51. The van der Waals surface area contributed by atoms with Crippen molar-refractivity contribution in [3.8, 4) is 0 Å². The molecule has 0 bridgehead atoms. The lowest BCUT2D eigenvalue weighted by Gasteiger charge is -2.35. The topological polar surface area (TPSA) is 24.5 Å². The zero-order chi connectivity index (χ0) is 14.3. The second kappa shape index (κ2) is 8.07. The molecule has 1 N–H and O–H groups in total. The molecule has 1 rings (SSSR count). The maximum atomic E-state index is 11.8. The Balaban J connectivity index is 2.14. The van der Waals surface area contributed by atoms with Crippen LogP contribution in [0.25, 0.3) is 0 Å². The quantitative estimate of drug-likeness (QED) is 0.777. The largest absolute Gasteiger partial charge is 0.522 e. The highest BCUT2D eigenvalue weighted by Gasteiger charge is 2.29. The van der Waals surface area contributed by atoms with Crippen LogP contribution in [0, 0.1) is 5.92 Å². The molecule has 0 aromatic carbocycles. The third-order valence-electron chi connectivity index (χ3n) is 3.73. The van der Waals surface area contributed by atoms with Crippen molar-refractivity contribution in [1.29, 1.82) is 0 Å². The maximum Gasteiger partial charge on any atom is 0.522 e. The second-order valence-corrected chi connectivity index (χ2v) is 5.22. The average Bonchev–Trinajstić information content (AvgIpc) is 2.35. The van der Waals surface area contributed by atoms with Crippen molar-refractivity contribution in [3.05, 3.63) is 0 Å². The van der Waals surface area contributed by atoms with E-state index in [0.717, 1.165) is 38.9 Å². The van der Waals surface area contributed by atoms with Gasteiger partial charge in [-0.25, -0.2) is 0 Å². The van der Waals surface area contributed by atoms with E-state index in [4.69, 9.17) is 0 Å². The van der Waals surface area contributed by atoms with Crippen LogP contribution in [-0.4, -0.2) is 50.1 Å². The summed E-state index contributed by atoms with van der Waals surface area (Å²) < 4.78 is 39.3. The molecule has 0 aromatic heterocycles. The van der Waals surface area contributed by atoms with Gasteiger partial charge in [0.1, 0.15) is 0 Å². The Morgan fingerprint density at radius 2 is 1.95 bits per heavy atom. The van der Waals surface area contributed by atoms with Gasteiger partial charge in [-0.3, -0.25) is 4.74 Å². The summed E-state index contributed by atoms with van der Waals surface area (Å²) in [6.45, 7) is 7.20. The van der Waals surface area contributed by atoms with Crippen molar-refractivity contribution < 1.29 is 17.9 Å². The summed E-state index contributed by atoms with van der Waals surface area (Å²) in [5.74, 6) is 0.631. The minimum absolute atomic E-state index is 0.266. The van der Waals surface area contributed by atoms with E-state index in [0.29, 0.717) is 18.5 Å². The molecule has 1 fully saturated rings. The number of piperidine rings is 1. The molecule has 1 aliphatic heterocycles. The summed E-state index contributed by atoms with van der Waals surface area (Å²) in [7, 11) is 0. The van der Waals surface area contributed by atoms with Crippen LogP contribution in [0.2, 0.25) is 0 Å². The highest BCUT2D eigenvalue weighted by Crippen LogP contribution is 2.21. The Hall–Kier alpha value is -0.330. The van der Waals surface area contributed by atoms with Gasteiger partial charge in [-0.2, -0.15) is 0 Å². The molecule has 0 saturated carbocycles. The number of nitrogens with one attached hydrogen (secondary N) is 1. The Kier molecular flexibility index (Phi) is 7.10. The summed E-state index contributed by atoms with van der Waals surface area (Å²) in [6.07, 6.45) is -1.29. The van der Waals surface area contributed by atoms with Crippen molar-refractivity contribution in [2.75, 3.05) is 32.8 Å². The fourth-order valence-electron chi connectivity index (χ4n) is 2.51. The molecule has 114 valence electrons. The van der Waals surface area contributed by atoms with Crippen molar-refractivity contribution in [1.82, 2.24) is 10.2 Å². The molecule has 0 amide bonds. The zero-order valence-corrected chi connectivity index (χ0v) is 11.8. The molecule has 1 heterocycles. The van der Waals surface area contributed by atoms with Gasteiger partial charge in [0.05, 0.1) is 6.61 Å². The molecule has 1 unspecified atom stereocenters. The lowest BCUT2D eigenvalue weighted by atomic mass is 9.90. The minimum atomic E-state index is -4.50. The molecular formula is C13H25F3N2O. The molecule has 6 heteroatoms. The fraction of sp³-hybridized carbons (Fsp3) is 1.00. The Bertz CT molecular complexity index is 241. The normalized spacial score (nSPS) is 20.7. The van der Waals surface area contributed by atoms with Crippen LogP contribution in [0.3, 0.4) is 0 Å². The molecule has 1 atom stereocenters. The summed E-state index contributed by atoms with van der Waals surface area (Å²) in [5.41, 5.74) is 0. The van der Waals surface area contributed by atoms with E-state index in [1.54, 1.807) is 0 Å². The molecule has 3 nitrogen and oxygen atoms in total. The zero-order valence-electron chi connectivity index (χ0n) is 11.8. The van der Waals surface area contributed by atoms with Crippen LogP contribution < -0.4 is 5.32 Å². The number of likely N-dealkylation sites (tertiary alicyclic amines) is 1. The Morgan fingerprint density at radius 1 is 1.32 bits per heavy atom. The van der Waals surface area contributed by atoms with Gasteiger partial charge in [-0.05, 0) is 51.7 Å². The first-order chi connectivity index (χ1) is 8.92. The van der Waals surface area contributed by atoms with Gasteiger partial charge < -0.3 is 10.2 Å². The van der Waals surface area contributed by atoms with E-state index < -0.39 is 6.36 Å². The molecule has 0 radical (unpaired) electrons. The van der Waals surface area contributed by atoms with Crippen LogP contribution in [0.5, 0.6) is 0 Å². The van der Waals surface area contributed by atoms with E-state index in [-0.39, 0.29) is 6.61 Å². The van der Waals surface area contributed by atoms with Gasteiger partial charge in [0.25, 0.3) is 0 Å². The summed E-state index contributed by atoms with van der Waals surface area (Å²) >= 11 is 0. The third kappa shape index (κ3) is 7.13. The number of hydrogen-bond acceptors (Lipinski definition) is 3. The van der Waals surface area contributed by atoms with Crippen molar-refractivity contribution in [3.63, 3.8) is 0 Å². The lowest BCUT2D eigenvalue weighted by Crippen LogP contribution is -2.43. The van der Waals surface area contributed by atoms with Crippen LogP contribution >= 0.6 is 0 Å². The van der Waals surface area contributed by atoms with E-state index in [1.807, 2.05) is 0 Å². The van der Waals surface area contributed by atoms with Crippen LogP contribution in [0.4, 0.5) is 13.2 Å². The molecule has 0 spiro atoms. The predicted octanol–water partition coefficient (Wildman–Crippen LogP) is 2.62. The monoisotopic (exact) mass is 282 g/mol. The smallest absolute Gasteiger partial charge is 0.314 e. The van der Waals surface area contributed by atoms with Gasteiger partial charge >= 0.3 is 6.36 Å². The third-order valence-corrected chi connectivity index (χ3v) is 3.73. The first kappa shape index (κ1) is 16.7. The number of rotatable bonds is 7. The number of hydrogen-bond donors (Lipinski definition) is 1. The van der Waals surface area contributed by atoms with Gasteiger partial charge in [-0.15, -0.1) is 13.2 Å². The maximum absolute atomic E-state index is 11.8. The number of nitrogens with zero attached hydrogens (tertiary/aromatic N) is 1. The molecule has 19 heavy (non-hydrogen) atoms. The van der Waals surface area contributed by atoms with E-state index in [1.165, 1.54) is 0 Å². The molecular weight excluding hydrogens is 257 g/mol. The second-order valence-electron chi connectivity index (χ2n) is 5.22. The number of alkyl halides is 3. The van der Waals surface area contributed by atoms with Gasteiger partial charge in [0.2, 0.25) is 0 Å². The minimum Gasteiger partial charge on any atom is -0.314 e. The SMILES string of the molecule is CCCNC(C)C1CCN(CCOC(F)(F)F)CC1. The van der Waals surface area contributed by atoms with Crippen molar-refractivity contribution in [2.24, 2.45) is 5.92 Å². The van der Waals surface area contributed by atoms with E-state index in [2.05, 4.69) is 28.8 Å². The standard InChI is InChI=1S/C13H25F3N2O/c1-3-6-17-11(2)12-4-7-18(8-5-12)9-10-19-13(14,15)16/h11-12,17H,3-10H2,1-2H3. The van der Waals surface area contributed by atoms with Crippen LogP contribution in [-0.2, 0) is 4.74 Å². The predicted molar refractivity (Wildman–Crippen MR) is 68.9 cm³/mol. The first-order valence-electron chi connectivity index (χ1n) is 7.08. The molecule has 1 saturated heterocycles. The molecule has 0 aliphatic carbocycles. The van der Waals surface area contributed by atoms with Gasteiger partial charge in [-0.1, -0.05) is 6.92 Å². The van der Waals surface area contributed by atoms with E-state index >= 15 is 0 Å².